The molecule has 0 heterocycles. The smallest absolute Gasteiger partial charge is 0.176 e. The summed E-state index contributed by atoms with van der Waals surface area (Å²) in [6.45, 7) is 5.19. The van der Waals surface area contributed by atoms with Crippen LogP contribution in [0.25, 0.3) is 6.08 Å². The third-order valence-corrected chi connectivity index (χ3v) is 4.13. The minimum absolute atomic E-state index is 0.0286. The van der Waals surface area contributed by atoms with Crippen LogP contribution in [0, 0.1) is 12.3 Å². The first-order valence-electron chi connectivity index (χ1n) is 7.96. The van der Waals surface area contributed by atoms with Crippen molar-refractivity contribution in [1.29, 1.82) is 0 Å². The topological polar surface area (TPSA) is 63.6 Å². The average molecular weight is 338 g/mol. The van der Waals surface area contributed by atoms with Gasteiger partial charge in [-0.05, 0) is 44.5 Å². The first-order chi connectivity index (χ1) is 11.8. The summed E-state index contributed by atoms with van der Waals surface area (Å²) in [5.41, 5.74) is 1.11. The Morgan fingerprint density at radius 3 is 2.32 bits per heavy atom. The highest BCUT2D eigenvalue weighted by Gasteiger charge is 2.34. The summed E-state index contributed by atoms with van der Waals surface area (Å²) in [7, 11) is 1.46. The van der Waals surface area contributed by atoms with Gasteiger partial charge in [-0.25, -0.2) is 0 Å². The van der Waals surface area contributed by atoms with Crippen molar-refractivity contribution in [1.82, 2.24) is 0 Å². The first kappa shape index (κ1) is 18.5. The van der Waals surface area contributed by atoms with Gasteiger partial charge in [-0.3, -0.25) is 9.59 Å². The van der Waals surface area contributed by atoms with Crippen molar-refractivity contribution in [2.45, 2.75) is 20.8 Å². The molecule has 0 aliphatic carbocycles. The molecule has 0 saturated heterocycles. The van der Waals surface area contributed by atoms with Gasteiger partial charge < -0.3 is 9.84 Å². The number of Topliss-reactive ketones (excluding diaryl/α,β-unsaturated/α-hetero) is 1. The summed E-state index contributed by atoms with van der Waals surface area (Å²) in [5, 5.41) is 9.60. The van der Waals surface area contributed by atoms with E-state index in [9.17, 15) is 14.7 Å². The number of aryl methyl sites for hydroxylation is 1. The predicted octanol–water partition coefficient (Wildman–Crippen LogP) is 4.20. The second kappa shape index (κ2) is 7.34. The van der Waals surface area contributed by atoms with Crippen LogP contribution >= 0.6 is 0 Å². The number of carbonyl (C=O) groups is 2. The van der Waals surface area contributed by atoms with Gasteiger partial charge in [0, 0.05) is 5.56 Å². The number of rotatable bonds is 6. The Bertz CT molecular complexity index is 814. The quantitative estimate of drug-likeness (QED) is 0.487. The molecule has 0 spiro atoms. The minimum Gasteiger partial charge on any atom is -0.504 e. The number of carbonyl (C=O) groups excluding carboxylic acids is 2. The number of methoxy groups -OCH3 is 1. The molecule has 0 aliphatic heterocycles. The van der Waals surface area contributed by atoms with E-state index in [1.165, 1.54) is 19.3 Å². The molecule has 2 aromatic carbocycles. The normalized spacial score (nSPS) is 11.5. The number of phenols is 1. The SMILES string of the molecule is COc1cc(/C=C/C(=O)C(C)(C)C(=O)c2ccc(C)cc2)ccc1O. The standard InChI is InChI=1S/C21H22O4/c1-14-5-9-16(10-6-14)20(24)21(2,3)19(23)12-8-15-7-11-17(22)18(13-15)25-4/h5-13,22H,1-4H3/b12-8+. The number of hydrogen-bond acceptors (Lipinski definition) is 4. The fourth-order valence-corrected chi connectivity index (χ4v) is 2.36. The number of hydrogen-bond donors (Lipinski definition) is 1. The molecule has 2 rings (SSSR count). The summed E-state index contributed by atoms with van der Waals surface area (Å²) in [4.78, 5) is 25.2. The third kappa shape index (κ3) is 4.15. The van der Waals surface area contributed by atoms with Crippen molar-refractivity contribution in [3.63, 3.8) is 0 Å². The van der Waals surface area contributed by atoms with Crippen molar-refractivity contribution < 1.29 is 19.4 Å². The van der Waals surface area contributed by atoms with Gasteiger partial charge in [-0.1, -0.05) is 42.0 Å². The first-order valence-corrected chi connectivity index (χ1v) is 7.96. The molecule has 25 heavy (non-hydrogen) atoms. The summed E-state index contributed by atoms with van der Waals surface area (Å²) in [5.74, 6) is -0.152. The van der Waals surface area contributed by atoms with Gasteiger partial charge in [-0.2, -0.15) is 0 Å². The molecule has 0 amide bonds. The van der Waals surface area contributed by atoms with Crippen molar-refractivity contribution in [3.8, 4) is 11.5 Å². The van der Waals surface area contributed by atoms with Crippen LogP contribution < -0.4 is 4.74 Å². The highest BCUT2D eigenvalue weighted by molar-refractivity contribution is 6.17. The molecule has 0 bridgehead atoms. The van der Waals surface area contributed by atoms with Crippen LogP contribution in [0.15, 0.2) is 48.5 Å². The Balaban J connectivity index is 2.20. The maximum atomic E-state index is 12.7. The van der Waals surface area contributed by atoms with E-state index in [2.05, 4.69) is 0 Å². The lowest BCUT2D eigenvalue weighted by atomic mass is 9.80. The fourth-order valence-electron chi connectivity index (χ4n) is 2.36. The zero-order valence-electron chi connectivity index (χ0n) is 14.9. The van der Waals surface area contributed by atoms with E-state index in [4.69, 9.17) is 4.74 Å². The number of benzene rings is 2. The summed E-state index contributed by atoms with van der Waals surface area (Å²) >= 11 is 0. The van der Waals surface area contributed by atoms with Crippen LogP contribution in [0.3, 0.4) is 0 Å². The number of ketones is 2. The minimum atomic E-state index is -1.16. The van der Waals surface area contributed by atoms with Gasteiger partial charge in [0.05, 0.1) is 12.5 Å². The van der Waals surface area contributed by atoms with Crippen LogP contribution in [0.2, 0.25) is 0 Å². The van der Waals surface area contributed by atoms with Gasteiger partial charge in [0.15, 0.2) is 23.1 Å². The molecule has 0 aliphatic rings. The summed E-state index contributed by atoms with van der Waals surface area (Å²) in [6.07, 6.45) is 2.99. The fraction of sp³-hybridized carbons (Fsp3) is 0.238. The molecular formula is C21H22O4. The molecule has 0 radical (unpaired) electrons. The van der Waals surface area contributed by atoms with Crippen LogP contribution in [0.4, 0.5) is 0 Å². The van der Waals surface area contributed by atoms with Gasteiger partial charge in [-0.15, -0.1) is 0 Å². The van der Waals surface area contributed by atoms with Crippen molar-refractivity contribution >= 4 is 17.6 Å². The Morgan fingerprint density at radius 1 is 1.08 bits per heavy atom. The lowest BCUT2D eigenvalue weighted by molar-refractivity contribution is -0.120. The van der Waals surface area contributed by atoms with E-state index in [0.29, 0.717) is 16.9 Å². The van der Waals surface area contributed by atoms with E-state index < -0.39 is 5.41 Å². The molecule has 2 aromatic rings. The zero-order valence-corrected chi connectivity index (χ0v) is 14.9. The average Bonchev–Trinajstić information content (AvgIpc) is 2.60. The molecule has 130 valence electrons. The molecule has 4 heteroatoms. The summed E-state index contributed by atoms with van der Waals surface area (Å²) < 4.78 is 5.04. The lowest BCUT2D eigenvalue weighted by Gasteiger charge is -2.20. The molecular weight excluding hydrogens is 316 g/mol. The number of ether oxygens (including phenoxy) is 1. The highest BCUT2D eigenvalue weighted by Crippen LogP contribution is 2.28. The predicted molar refractivity (Wildman–Crippen MR) is 98.0 cm³/mol. The van der Waals surface area contributed by atoms with E-state index in [-0.39, 0.29) is 17.3 Å². The van der Waals surface area contributed by atoms with Crippen LogP contribution in [-0.4, -0.2) is 23.8 Å². The van der Waals surface area contributed by atoms with E-state index in [1.807, 2.05) is 19.1 Å². The molecule has 0 fully saturated rings. The molecule has 0 aromatic heterocycles. The van der Waals surface area contributed by atoms with Gasteiger partial charge >= 0.3 is 0 Å². The Labute approximate surface area is 147 Å². The van der Waals surface area contributed by atoms with E-state index >= 15 is 0 Å². The molecule has 4 nitrogen and oxygen atoms in total. The molecule has 0 atom stereocenters. The number of allylic oxidation sites excluding steroid dienone is 1. The highest BCUT2D eigenvalue weighted by atomic mass is 16.5. The van der Waals surface area contributed by atoms with E-state index in [1.54, 1.807) is 44.2 Å². The maximum absolute atomic E-state index is 12.7. The molecule has 1 N–H and O–H groups in total. The Hall–Kier alpha value is -2.88. The number of phenolic OH excluding ortho intramolecular Hbond substituents is 1. The maximum Gasteiger partial charge on any atom is 0.176 e. The molecule has 0 unspecified atom stereocenters. The number of aromatic hydroxyl groups is 1. The van der Waals surface area contributed by atoms with Gasteiger partial charge in [0.2, 0.25) is 0 Å². The zero-order chi connectivity index (χ0) is 18.6. The van der Waals surface area contributed by atoms with Crippen LogP contribution in [0.1, 0.15) is 35.3 Å². The van der Waals surface area contributed by atoms with Crippen molar-refractivity contribution in [2.75, 3.05) is 7.11 Å². The van der Waals surface area contributed by atoms with Gasteiger partial charge in [0.25, 0.3) is 0 Å². The largest absolute Gasteiger partial charge is 0.504 e. The van der Waals surface area contributed by atoms with E-state index in [0.717, 1.165) is 5.56 Å². The second-order valence-electron chi connectivity index (χ2n) is 6.45. The van der Waals surface area contributed by atoms with Crippen molar-refractivity contribution in [3.05, 3.63) is 65.2 Å². The third-order valence-electron chi connectivity index (χ3n) is 4.13. The Morgan fingerprint density at radius 2 is 1.72 bits per heavy atom. The van der Waals surface area contributed by atoms with Gasteiger partial charge in [0.1, 0.15) is 0 Å². The summed E-state index contributed by atoms with van der Waals surface area (Å²) in [6, 6.07) is 12.0. The Kier molecular flexibility index (Phi) is 5.42. The monoisotopic (exact) mass is 338 g/mol. The lowest BCUT2D eigenvalue weighted by Crippen LogP contribution is -2.32. The van der Waals surface area contributed by atoms with Crippen LogP contribution in [-0.2, 0) is 4.79 Å². The van der Waals surface area contributed by atoms with Crippen LogP contribution in [0.5, 0.6) is 11.5 Å². The molecule has 0 saturated carbocycles. The second-order valence-corrected chi connectivity index (χ2v) is 6.45. The van der Waals surface area contributed by atoms with Crippen molar-refractivity contribution in [2.24, 2.45) is 5.41 Å².